The van der Waals surface area contributed by atoms with Crippen molar-refractivity contribution >= 4 is 27.5 Å². The first-order chi connectivity index (χ1) is 19.2. The molecular formula is C29H35N3O7S. The van der Waals surface area contributed by atoms with Crippen LogP contribution in [0.5, 0.6) is 17.2 Å². The van der Waals surface area contributed by atoms with E-state index < -0.39 is 28.5 Å². The van der Waals surface area contributed by atoms with Crippen LogP contribution in [-0.2, 0) is 26.2 Å². The van der Waals surface area contributed by atoms with Gasteiger partial charge in [-0.25, -0.2) is 8.42 Å². The molecular weight excluding hydrogens is 534 g/mol. The lowest BCUT2D eigenvalue weighted by Crippen LogP contribution is -2.50. The van der Waals surface area contributed by atoms with Gasteiger partial charge in [-0.15, -0.1) is 0 Å². The molecule has 3 aromatic carbocycles. The summed E-state index contributed by atoms with van der Waals surface area (Å²) in [5, 5.41) is 2.56. The summed E-state index contributed by atoms with van der Waals surface area (Å²) < 4.78 is 45.2. The van der Waals surface area contributed by atoms with Gasteiger partial charge in [0, 0.05) is 19.7 Å². The molecule has 0 bridgehead atoms. The number of carbonyl (C=O) groups excluding carboxylic acids is 2. The maximum atomic E-state index is 14.0. The van der Waals surface area contributed by atoms with Gasteiger partial charge in [0.1, 0.15) is 18.3 Å². The Kier molecular flexibility index (Phi) is 10.4. The summed E-state index contributed by atoms with van der Waals surface area (Å²) in [5.74, 6) is 0.205. The van der Waals surface area contributed by atoms with E-state index in [1.165, 1.54) is 44.4 Å². The van der Waals surface area contributed by atoms with Crippen LogP contribution in [0, 0.1) is 0 Å². The Morgan fingerprint density at radius 1 is 0.925 bits per heavy atom. The molecule has 0 saturated heterocycles. The number of sulfonamides is 1. The quantitative estimate of drug-likeness (QED) is 0.335. The SMILES string of the molecule is CCOc1ccc(N(CC(=O)N(Cc2ccccc2)C(C)C(=O)NC)S(=O)(=O)c2ccc(OC)c(OC)c2)cc1. The second-order valence-corrected chi connectivity index (χ2v) is 10.6. The van der Waals surface area contributed by atoms with E-state index in [1.807, 2.05) is 37.3 Å². The highest BCUT2D eigenvalue weighted by Crippen LogP contribution is 2.33. The van der Waals surface area contributed by atoms with Crippen molar-refractivity contribution in [3.05, 3.63) is 78.4 Å². The van der Waals surface area contributed by atoms with Crippen molar-refractivity contribution in [3.63, 3.8) is 0 Å². The average molecular weight is 570 g/mol. The van der Waals surface area contributed by atoms with Crippen molar-refractivity contribution in [1.29, 1.82) is 0 Å². The standard InChI is InChI=1S/C29H35N3O7S/c1-6-39-24-14-12-23(13-15-24)32(40(35,36)25-16-17-26(37-4)27(18-25)38-5)20-28(33)31(21(2)29(34)30-3)19-22-10-8-7-9-11-22/h7-18,21H,6,19-20H2,1-5H3,(H,30,34). The van der Waals surface area contributed by atoms with Gasteiger partial charge in [-0.2, -0.15) is 0 Å². The van der Waals surface area contributed by atoms with E-state index in [0.29, 0.717) is 18.1 Å². The van der Waals surface area contributed by atoms with Crippen LogP contribution in [-0.4, -0.2) is 65.6 Å². The first-order valence-corrected chi connectivity index (χ1v) is 14.1. The summed E-state index contributed by atoms with van der Waals surface area (Å²) in [6, 6.07) is 18.9. The minimum Gasteiger partial charge on any atom is -0.494 e. The molecule has 10 nitrogen and oxygen atoms in total. The van der Waals surface area contributed by atoms with Gasteiger partial charge in [0.2, 0.25) is 11.8 Å². The third-order valence-corrected chi connectivity index (χ3v) is 8.04. The maximum absolute atomic E-state index is 14.0. The largest absolute Gasteiger partial charge is 0.494 e. The number of hydrogen-bond donors (Lipinski definition) is 1. The molecule has 1 N–H and O–H groups in total. The summed E-state index contributed by atoms with van der Waals surface area (Å²) >= 11 is 0. The highest BCUT2D eigenvalue weighted by Gasteiger charge is 2.33. The third kappa shape index (κ3) is 7.03. The molecule has 1 unspecified atom stereocenters. The molecule has 0 saturated carbocycles. The van der Waals surface area contributed by atoms with Gasteiger partial charge in [-0.1, -0.05) is 30.3 Å². The number of rotatable bonds is 13. The summed E-state index contributed by atoms with van der Waals surface area (Å²) in [4.78, 5) is 27.7. The van der Waals surface area contributed by atoms with Crippen molar-refractivity contribution in [3.8, 4) is 17.2 Å². The average Bonchev–Trinajstić information content (AvgIpc) is 2.98. The summed E-state index contributed by atoms with van der Waals surface area (Å²) in [7, 11) is 0.0597. The number of hydrogen-bond acceptors (Lipinski definition) is 7. The Hall–Kier alpha value is -4.25. The maximum Gasteiger partial charge on any atom is 0.264 e. The second kappa shape index (κ2) is 13.7. The first kappa shape index (κ1) is 30.3. The fourth-order valence-corrected chi connectivity index (χ4v) is 5.51. The monoisotopic (exact) mass is 569 g/mol. The normalized spacial score (nSPS) is 11.7. The number of carbonyl (C=O) groups is 2. The molecule has 0 aliphatic heterocycles. The van der Waals surface area contributed by atoms with Crippen LogP contribution in [0.25, 0.3) is 0 Å². The van der Waals surface area contributed by atoms with E-state index in [2.05, 4.69) is 5.32 Å². The molecule has 0 radical (unpaired) electrons. The summed E-state index contributed by atoms with van der Waals surface area (Å²) in [6.45, 7) is 3.44. The zero-order chi connectivity index (χ0) is 29.3. The van der Waals surface area contributed by atoms with Crippen LogP contribution >= 0.6 is 0 Å². The molecule has 0 heterocycles. The molecule has 1 atom stereocenters. The third-order valence-electron chi connectivity index (χ3n) is 6.27. The van der Waals surface area contributed by atoms with E-state index in [0.717, 1.165) is 9.87 Å². The van der Waals surface area contributed by atoms with Crippen molar-refractivity contribution in [2.45, 2.75) is 31.3 Å². The Morgan fingerprint density at radius 2 is 1.57 bits per heavy atom. The van der Waals surface area contributed by atoms with Crippen LogP contribution in [0.3, 0.4) is 0 Å². The van der Waals surface area contributed by atoms with Crippen LogP contribution < -0.4 is 23.8 Å². The van der Waals surface area contributed by atoms with E-state index in [-0.39, 0.29) is 28.8 Å². The van der Waals surface area contributed by atoms with Gasteiger partial charge in [0.25, 0.3) is 10.0 Å². The van der Waals surface area contributed by atoms with Crippen molar-refractivity contribution in [2.24, 2.45) is 0 Å². The predicted octanol–water partition coefficient (Wildman–Crippen LogP) is 3.46. The second-order valence-electron chi connectivity index (χ2n) is 8.75. The molecule has 3 rings (SSSR count). The van der Waals surface area contributed by atoms with Crippen LogP contribution in [0.4, 0.5) is 5.69 Å². The van der Waals surface area contributed by atoms with E-state index >= 15 is 0 Å². The van der Waals surface area contributed by atoms with Gasteiger partial charge in [0.15, 0.2) is 11.5 Å². The zero-order valence-corrected chi connectivity index (χ0v) is 24.1. The van der Waals surface area contributed by atoms with E-state index in [1.54, 1.807) is 31.2 Å². The Bertz CT molecular complexity index is 1400. The number of nitrogens with zero attached hydrogens (tertiary/aromatic N) is 2. The number of anilines is 1. The Labute approximate surface area is 235 Å². The van der Waals surface area contributed by atoms with Gasteiger partial charge in [0.05, 0.1) is 31.4 Å². The smallest absolute Gasteiger partial charge is 0.264 e. The number of amides is 2. The lowest BCUT2D eigenvalue weighted by Gasteiger charge is -2.32. The Morgan fingerprint density at radius 3 is 2.15 bits per heavy atom. The van der Waals surface area contributed by atoms with Crippen LogP contribution in [0.2, 0.25) is 0 Å². The molecule has 214 valence electrons. The number of likely N-dealkylation sites (N-methyl/N-ethyl adjacent to an activating group) is 1. The lowest BCUT2D eigenvalue weighted by atomic mass is 10.1. The molecule has 11 heteroatoms. The molecule has 0 spiro atoms. The van der Waals surface area contributed by atoms with Gasteiger partial charge < -0.3 is 24.4 Å². The fourth-order valence-electron chi connectivity index (χ4n) is 4.08. The Balaban J connectivity index is 2.07. The highest BCUT2D eigenvalue weighted by atomic mass is 32.2. The minimum absolute atomic E-state index is 0.0965. The van der Waals surface area contributed by atoms with Gasteiger partial charge in [-0.3, -0.25) is 13.9 Å². The number of ether oxygens (including phenoxy) is 3. The molecule has 2 amide bonds. The van der Waals surface area contributed by atoms with E-state index in [9.17, 15) is 18.0 Å². The topological polar surface area (TPSA) is 114 Å². The molecule has 0 aliphatic rings. The minimum atomic E-state index is -4.28. The summed E-state index contributed by atoms with van der Waals surface area (Å²) in [6.07, 6.45) is 0. The first-order valence-electron chi connectivity index (χ1n) is 12.7. The van der Waals surface area contributed by atoms with Crippen LogP contribution in [0.1, 0.15) is 19.4 Å². The van der Waals surface area contributed by atoms with Crippen LogP contribution in [0.15, 0.2) is 77.7 Å². The fraction of sp³-hybridized carbons (Fsp3) is 0.310. The van der Waals surface area contributed by atoms with Gasteiger partial charge >= 0.3 is 0 Å². The molecule has 3 aromatic rings. The lowest BCUT2D eigenvalue weighted by molar-refractivity contribution is -0.139. The molecule has 0 aromatic heterocycles. The number of nitrogens with one attached hydrogen (secondary N) is 1. The van der Waals surface area contributed by atoms with Crippen molar-refractivity contribution in [1.82, 2.24) is 10.2 Å². The van der Waals surface area contributed by atoms with Crippen molar-refractivity contribution < 1.29 is 32.2 Å². The van der Waals surface area contributed by atoms with Crippen molar-refractivity contribution in [2.75, 3.05) is 38.7 Å². The highest BCUT2D eigenvalue weighted by molar-refractivity contribution is 7.92. The number of methoxy groups -OCH3 is 2. The summed E-state index contributed by atoms with van der Waals surface area (Å²) in [5.41, 5.74) is 1.04. The van der Waals surface area contributed by atoms with E-state index in [4.69, 9.17) is 14.2 Å². The zero-order valence-electron chi connectivity index (χ0n) is 23.3. The van der Waals surface area contributed by atoms with Gasteiger partial charge in [-0.05, 0) is 55.8 Å². The molecule has 0 fully saturated rings. The predicted molar refractivity (Wildman–Crippen MR) is 152 cm³/mol. The number of benzene rings is 3. The molecule has 0 aliphatic carbocycles. The molecule has 40 heavy (non-hydrogen) atoms.